The molecule has 1 aliphatic heterocycles. The van der Waals surface area contributed by atoms with Crippen LogP contribution in [0.25, 0.3) is 0 Å². The highest BCUT2D eigenvalue weighted by atomic mass is 19.4. The molecule has 10 atom stereocenters. The standard InChI is InChI=1S/C51H87N7O12.C2HF3O2/c1-12-33(6)45(40(69-10)30-42(61)58-28-18-20-39(58)46(70-11)34(7)47(62)54-38(51(67)68)29-35-22-24-36(59)25-23-35)57(9)49(64)43(31(2)3)55-48(63)44(32(4)5)56(8)27-17-13-14-21-41(60)53-26-16-15-19-37(52)50(65)66;3-2(4,5)1(6)7/h22-25,31-34,37-40,43-46,59H,12-21,26-30,52H2,1-11H3,(H,53,60)(H,54,62)(H,55,63)(H,65,66)(H,67,68);(H,6,7)/t33-,34+,37-,38-,39-,40+,43-,44-,45-,46+;/m0./s1. The number of carboxylic acids is 3. The monoisotopic (exact) mass is 1100 g/mol. The number of carboxylic acid groups (broad SMARTS) is 3. The number of rotatable bonds is 33. The summed E-state index contributed by atoms with van der Waals surface area (Å²) in [4.78, 5) is 106. The molecule has 0 spiro atoms. The van der Waals surface area contributed by atoms with Crippen LogP contribution in [-0.2, 0) is 54.3 Å². The van der Waals surface area contributed by atoms with E-state index in [1.54, 1.807) is 35.9 Å². The first-order valence-electron chi connectivity index (χ1n) is 26.4. The van der Waals surface area contributed by atoms with E-state index >= 15 is 0 Å². The summed E-state index contributed by atoms with van der Waals surface area (Å²) < 4.78 is 43.7. The van der Waals surface area contributed by atoms with Gasteiger partial charge >= 0.3 is 24.1 Å². The van der Waals surface area contributed by atoms with Gasteiger partial charge in [0.05, 0.1) is 42.7 Å². The van der Waals surface area contributed by atoms with Crippen molar-refractivity contribution in [2.45, 2.75) is 180 Å². The molecule has 5 amide bonds. The van der Waals surface area contributed by atoms with E-state index < -0.39 is 84.4 Å². The van der Waals surface area contributed by atoms with Crippen molar-refractivity contribution in [2.24, 2.45) is 29.4 Å². The second kappa shape index (κ2) is 34.3. The van der Waals surface area contributed by atoms with E-state index in [1.165, 1.54) is 26.4 Å². The molecule has 21 nitrogen and oxygen atoms in total. The van der Waals surface area contributed by atoms with Gasteiger partial charge in [-0.1, -0.05) is 73.4 Å². The molecular weight excluding hydrogens is 1020 g/mol. The number of halogens is 3. The molecule has 1 aromatic carbocycles. The number of likely N-dealkylation sites (tertiary alicyclic amines) is 1. The van der Waals surface area contributed by atoms with Gasteiger partial charge in [0.1, 0.15) is 23.9 Å². The fourth-order valence-corrected chi connectivity index (χ4v) is 9.55. The maximum absolute atomic E-state index is 14.6. The van der Waals surface area contributed by atoms with Crippen LogP contribution in [0.3, 0.4) is 0 Å². The molecule has 0 radical (unpaired) electrons. The summed E-state index contributed by atoms with van der Waals surface area (Å²) in [6.07, 6.45) is -0.568. The van der Waals surface area contributed by atoms with Crippen LogP contribution in [0.15, 0.2) is 24.3 Å². The molecule has 1 aliphatic rings. The number of nitrogens with zero attached hydrogens (tertiary/aromatic N) is 3. The third-order valence-corrected chi connectivity index (χ3v) is 14.1. The lowest BCUT2D eigenvalue weighted by molar-refractivity contribution is -0.192. The van der Waals surface area contributed by atoms with Crippen molar-refractivity contribution in [1.29, 1.82) is 0 Å². The van der Waals surface area contributed by atoms with E-state index in [1.807, 2.05) is 53.5 Å². The van der Waals surface area contributed by atoms with Gasteiger partial charge in [0.2, 0.25) is 29.5 Å². The number of aromatic hydroxyl groups is 1. The Morgan fingerprint density at radius 1 is 0.831 bits per heavy atom. The molecule has 440 valence electrons. The van der Waals surface area contributed by atoms with Gasteiger partial charge < -0.3 is 61.4 Å². The summed E-state index contributed by atoms with van der Waals surface area (Å²) in [6.45, 7) is 14.8. The Kier molecular flexibility index (Phi) is 30.9. The predicted octanol–water partition coefficient (Wildman–Crippen LogP) is 4.41. The fourth-order valence-electron chi connectivity index (χ4n) is 9.55. The Morgan fingerprint density at radius 3 is 1.95 bits per heavy atom. The summed E-state index contributed by atoms with van der Waals surface area (Å²) in [5.74, 6) is -7.68. The van der Waals surface area contributed by atoms with Crippen molar-refractivity contribution in [3.8, 4) is 5.75 Å². The number of amides is 5. The minimum absolute atomic E-state index is 0.00110. The van der Waals surface area contributed by atoms with Crippen molar-refractivity contribution >= 4 is 47.4 Å². The van der Waals surface area contributed by atoms with Crippen LogP contribution in [-0.4, -0.2) is 185 Å². The van der Waals surface area contributed by atoms with Gasteiger partial charge in [-0.25, -0.2) is 9.59 Å². The van der Waals surface area contributed by atoms with Crippen molar-refractivity contribution in [2.75, 3.05) is 47.9 Å². The SMILES string of the molecule is CC[C@H](C)[C@@H]([C@@H](CC(=O)N1CCC[C@H]1[C@H](OC)[C@@H](C)C(=O)N[C@@H](Cc1ccc(O)cc1)C(=O)O)OC)N(C)C(=O)[C@@H](NC(=O)[C@H](C(C)C)N(C)CCCCCC(=O)NCCCC[C@H](N)C(=O)O)C(C)C.O=C(O)C(F)(F)F. The number of benzene rings is 1. The Labute approximate surface area is 451 Å². The van der Waals surface area contributed by atoms with E-state index in [0.29, 0.717) is 76.6 Å². The van der Waals surface area contributed by atoms with Crippen molar-refractivity contribution in [1.82, 2.24) is 30.7 Å². The molecule has 77 heavy (non-hydrogen) atoms. The number of aliphatic carboxylic acids is 3. The number of nitrogens with one attached hydrogen (secondary N) is 3. The number of methoxy groups -OCH3 is 2. The van der Waals surface area contributed by atoms with E-state index in [4.69, 9.17) is 30.2 Å². The highest BCUT2D eigenvalue weighted by Crippen LogP contribution is 2.30. The third-order valence-electron chi connectivity index (χ3n) is 14.1. The summed E-state index contributed by atoms with van der Waals surface area (Å²) >= 11 is 0. The number of nitrogens with two attached hydrogens (primary N) is 1. The van der Waals surface area contributed by atoms with Gasteiger partial charge in [-0.05, 0) is 94.0 Å². The second-order valence-corrected chi connectivity index (χ2v) is 20.7. The molecular formula is C53H88F3N7O14. The zero-order chi connectivity index (χ0) is 58.9. The van der Waals surface area contributed by atoms with Crippen LogP contribution in [0.1, 0.15) is 125 Å². The molecule has 0 saturated carbocycles. The number of hydrogen-bond acceptors (Lipinski definition) is 13. The minimum atomic E-state index is -5.08. The van der Waals surface area contributed by atoms with Gasteiger partial charge in [0.15, 0.2) is 0 Å². The van der Waals surface area contributed by atoms with Crippen molar-refractivity contribution < 1.29 is 81.4 Å². The largest absolute Gasteiger partial charge is 0.508 e. The molecule has 1 heterocycles. The predicted molar refractivity (Wildman–Crippen MR) is 280 cm³/mol. The van der Waals surface area contributed by atoms with Crippen LogP contribution in [0.4, 0.5) is 13.2 Å². The number of carbonyl (C=O) groups excluding carboxylic acids is 5. The molecule has 2 rings (SSSR count). The highest BCUT2D eigenvalue weighted by molar-refractivity contribution is 5.90. The number of ether oxygens (including phenoxy) is 2. The molecule has 1 aromatic rings. The minimum Gasteiger partial charge on any atom is -0.508 e. The normalized spacial score (nSPS) is 17.2. The number of hydrogen-bond donors (Lipinski definition) is 8. The molecule has 1 fully saturated rings. The number of phenolic OH excluding ortho intramolecular Hbond substituents is 1. The lowest BCUT2D eigenvalue weighted by atomic mass is 9.89. The molecule has 0 bridgehead atoms. The second-order valence-electron chi connectivity index (χ2n) is 20.7. The molecule has 24 heteroatoms. The van der Waals surface area contributed by atoms with E-state index in [9.17, 15) is 56.9 Å². The first-order valence-corrected chi connectivity index (χ1v) is 26.4. The Hall–Kier alpha value is -5.59. The lowest BCUT2D eigenvalue weighted by Gasteiger charge is -2.41. The quantitative estimate of drug-likeness (QED) is 0.0452. The van der Waals surface area contributed by atoms with Gasteiger partial charge in [-0.2, -0.15) is 13.2 Å². The topological polar surface area (TPSA) is 308 Å². The van der Waals surface area contributed by atoms with Crippen molar-refractivity contribution in [3.63, 3.8) is 0 Å². The van der Waals surface area contributed by atoms with Crippen molar-refractivity contribution in [3.05, 3.63) is 29.8 Å². The Bertz CT molecular complexity index is 2030. The Balaban J connectivity index is 0.00000394. The summed E-state index contributed by atoms with van der Waals surface area (Å²) in [5, 5.41) is 44.2. The smallest absolute Gasteiger partial charge is 0.490 e. The molecule has 0 unspecified atom stereocenters. The van der Waals surface area contributed by atoms with Gasteiger partial charge in [-0.3, -0.25) is 33.7 Å². The number of carbonyl (C=O) groups is 8. The average Bonchev–Trinajstić information content (AvgIpc) is 3.84. The summed E-state index contributed by atoms with van der Waals surface area (Å²) in [7, 11) is 6.55. The van der Waals surface area contributed by atoms with E-state index in [2.05, 4.69) is 16.0 Å². The van der Waals surface area contributed by atoms with Crippen LogP contribution in [0.2, 0.25) is 0 Å². The van der Waals surface area contributed by atoms with Crippen LogP contribution in [0, 0.1) is 23.7 Å². The van der Waals surface area contributed by atoms with Gasteiger partial charge in [-0.15, -0.1) is 0 Å². The van der Waals surface area contributed by atoms with E-state index in [0.717, 1.165) is 12.8 Å². The van der Waals surface area contributed by atoms with E-state index in [-0.39, 0.29) is 60.0 Å². The third kappa shape index (κ3) is 23.5. The Morgan fingerprint density at radius 2 is 1.44 bits per heavy atom. The molecule has 9 N–H and O–H groups in total. The number of unbranched alkanes of at least 4 members (excludes halogenated alkanes) is 3. The number of alkyl halides is 3. The van der Waals surface area contributed by atoms with Crippen LogP contribution < -0.4 is 21.7 Å². The maximum atomic E-state index is 14.6. The van der Waals surface area contributed by atoms with Crippen LogP contribution >= 0.6 is 0 Å². The van der Waals surface area contributed by atoms with Gasteiger partial charge in [0, 0.05) is 47.2 Å². The number of phenols is 1. The fraction of sp³-hybridized carbons (Fsp3) is 0.736. The molecule has 0 aromatic heterocycles. The van der Waals surface area contributed by atoms with Gasteiger partial charge in [0.25, 0.3) is 0 Å². The lowest BCUT2D eigenvalue weighted by Crippen LogP contribution is -2.60. The molecule has 1 saturated heterocycles. The zero-order valence-corrected chi connectivity index (χ0v) is 46.8. The first kappa shape index (κ1) is 69.4. The first-order chi connectivity index (χ1) is 35.9. The number of likely N-dealkylation sites (N-methyl/N-ethyl adjacent to an activating group) is 2. The average molecular weight is 1100 g/mol. The van der Waals surface area contributed by atoms with Crippen LogP contribution in [0.5, 0.6) is 5.75 Å². The maximum Gasteiger partial charge on any atom is 0.490 e. The summed E-state index contributed by atoms with van der Waals surface area (Å²) in [6, 6.07) is 1.50. The molecule has 0 aliphatic carbocycles. The highest BCUT2D eigenvalue weighted by Gasteiger charge is 2.44. The zero-order valence-electron chi connectivity index (χ0n) is 46.8. The summed E-state index contributed by atoms with van der Waals surface area (Å²) in [5.41, 5.74) is 6.15.